The normalized spacial score (nSPS) is 10.4. The Labute approximate surface area is 117 Å². The van der Waals surface area contributed by atoms with Crippen LogP contribution in [0.1, 0.15) is 23.9 Å². The van der Waals surface area contributed by atoms with Crippen LogP contribution in [0.5, 0.6) is 5.88 Å². The fourth-order valence-corrected chi connectivity index (χ4v) is 2.33. The van der Waals surface area contributed by atoms with Crippen LogP contribution in [0.3, 0.4) is 0 Å². The summed E-state index contributed by atoms with van der Waals surface area (Å²) < 4.78 is 5.70. The van der Waals surface area contributed by atoms with Crippen molar-refractivity contribution in [1.29, 1.82) is 0 Å². The summed E-state index contributed by atoms with van der Waals surface area (Å²) in [6.45, 7) is 5.58. The van der Waals surface area contributed by atoms with E-state index in [9.17, 15) is 0 Å². The van der Waals surface area contributed by atoms with Crippen LogP contribution in [0.4, 0.5) is 5.95 Å². The highest BCUT2D eigenvalue weighted by atomic mass is 32.1. The Morgan fingerprint density at radius 2 is 2.26 bits per heavy atom. The Balaban J connectivity index is 1.90. The van der Waals surface area contributed by atoms with E-state index in [0.29, 0.717) is 18.4 Å². The summed E-state index contributed by atoms with van der Waals surface area (Å²) in [6.07, 6.45) is 1.96. The summed E-state index contributed by atoms with van der Waals surface area (Å²) in [5.74, 6) is 1.29. The molecule has 0 aliphatic heterocycles. The number of rotatable bonds is 7. The van der Waals surface area contributed by atoms with Crippen LogP contribution in [-0.2, 0) is 6.42 Å². The van der Waals surface area contributed by atoms with Crippen molar-refractivity contribution in [3.8, 4) is 5.88 Å². The van der Waals surface area contributed by atoms with Gasteiger partial charge in [-0.15, -0.1) is 11.3 Å². The third-order valence-corrected chi connectivity index (χ3v) is 3.48. The minimum atomic E-state index is 0.641. The SMILES string of the molecule is CCCNc1nc(C)cc(OCCc2cccs2)n1. The van der Waals surface area contributed by atoms with Gasteiger partial charge in [-0.3, -0.25) is 0 Å². The summed E-state index contributed by atoms with van der Waals surface area (Å²) in [5.41, 5.74) is 0.916. The molecule has 0 radical (unpaired) electrons. The summed E-state index contributed by atoms with van der Waals surface area (Å²) in [4.78, 5) is 10.0. The van der Waals surface area contributed by atoms with Gasteiger partial charge >= 0.3 is 0 Å². The number of anilines is 1. The molecule has 2 rings (SSSR count). The Kier molecular flexibility index (Phi) is 5.15. The number of nitrogens with one attached hydrogen (secondary N) is 1. The Hall–Kier alpha value is -1.62. The Morgan fingerprint density at radius 3 is 3.00 bits per heavy atom. The molecule has 2 heterocycles. The van der Waals surface area contributed by atoms with Crippen LogP contribution in [-0.4, -0.2) is 23.1 Å². The van der Waals surface area contributed by atoms with Gasteiger partial charge in [0.1, 0.15) is 0 Å². The van der Waals surface area contributed by atoms with Gasteiger partial charge in [0.15, 0.2) is 0 Å². The van der Waals surface area contributed by atoms with Gasteiger partial charge in [-0.05, 0) is 24.8 Å². The first-order valence-corrected chi connectivity index (χ1v) is 7.40. The van der Waals surface area contributed by atoms with E-state index in [-0.39, 0.29) is 0 Å². The van der Waals surface area contributed by atoms with Crippen molar-refractivity contribution in [2.45, 2.75) is 26.7 Å². The number of ether oxygens (including phenoxy) is 1. The van der Waals surface area contributed by atoms with Gasteiger partial charge in [-0.25, -0.2) is 4.98 Å². The number of aryl methyl sites for hydroxylation is 1. The van der Waals surface area contributed by atoms with Crippen LogP contribution in [0.2, 0.25) is 0 Å². The molecule has 0 spiro atoms. The van der Waals surface area contributed by atoms with Crippen molar-refractivity contribution in [2.75, 3.05) is 18.5 Å². The molecule has 0 saturated carbocycles. The molecule has 0 aromatic carbocycles. The molecular formula is C14H19N3OS. The zero-order valence-corrected chi connectivity index (χ0v) is 12.2. The molecule has 2 aromatic rings. The van der Waals surface area contributed by atoms with Crippen molar-refractivity contribution in [1.82, 2.24) is 9.97 Å². The second-order valence-corrected chi connectivity index (χ2v) is 5.31. The molecule has 0 amide bonds. The molecule has 4 nitrogen and oxygen atoms in total. The predicted octanol–water partition coefficient (Wildman–Crippen LogP) is 3.29. The lowest BCUT2D eigenvalue weighted by molar-refractivity contribution is 0.310. The van der Waals surface area contributed by atoms with Gasteiger partial charge in [0.2, 0.25) is 11.8 Å². The van der Waals surface area contributed by atoms with E-state index in [1.807, 2.05) is 13.0 Å². The monoisotopic (exact) mass is 277 g/mol. The van der Waals surface area contributed by atoms with Crippen molar-refractivity contribution in [3.05, 3.63) is 34.2 Å². The van der Waals surface area contributed by atoms with Crippen LogP contribution in [0, 0.1) is 6.92 Å². The van der Waals surface area contributed by atoms with E-state index in [4.69, 9.17) is 4.74 Å². The molecule has 19 heavy (non-hydrogen) atoms. The number of thiophene rings is 1. The minimum absolute atomic E-state index is 0.641. The fourth-order valence-electron chi connectivity index (χ4n) is 1.64. The van der Waals surface area contributed by atoms with Crippen LogP contribution >= 0.6 is 11.3 Å². The highest BCUT2D eigenvalue weighted by molar-refractivity contribution is 7.09. The standard InChI is InChI=1S/C14H19N3OS/c1-3-7-15-14-16-11(2)10-13(17-14)18-8-6-12-5-4-9-19-12/h4-5,9-10H,3,6-8H2,1-2H3,(H,15,16,17). The molecule has 0 aliphatic rings. The number of nitrogens with zero attached hydrogens (tertiary/aromatic N) is 2. The van der Waals surface area contributed by atoms with Crippen LogP contribution in [0.15, 0.2) is 23.6 Å². The second-order valence-electron chi connectivity index (χ2n) is 4.28. The van der Waals surface area contributed by atoms with Gasteiger partial charge in [0.05, 0.1) is 6.61 Å². The molecule has 0 fully saturated rings. The minimum Gasteiger partial charge on any atom is -0.477 e. The summed E-state index contributed by atoms with van der Waals surface area (Å²) in [5, 5.41) is 5.26. The maximum absolute atomic E-state index is 5.70. The van der Waals surface area contributed by atoms with Gasteiger partial charge in [-0.1, -0.05) is 13.0 Å². The first-order valence-electron chi connectivity index (χ1n) is 6.52. The molecule has 0 atom stereocenters. The molecular weight excluding hydrogens is 258 g/mol. The zero-order valence-electron chi connectivity index (χ0n) is 11.3. The number of hydrogen-bond acceptors (Lipinski definition) is 5. The lowest BCUT2D eigenvalue weighted by Crippen LogP contribution is -2.08. The lowest BCUT2D eigenvalue weighted by atomic mass is 10.4. The molecule has 2 aromatic heterocycles. The predicted molar refractivity (Wildman–Crippen MR) is 79.1 cm³/mol. The second kappa shape index (κ2) is 7.09. The molecule has 0 bridgehead atoms. The van der Waals surface area contributed by atoms with Gasteiger partial charge < -0.3 is 10.1 Å². The first kappa shape index (κ1) is 13.8. The van der Waals surface area contributed by atoms with Crippen molar-refractivity contribution in [2.24, 2.45) is 0 Å². The molecule has 0 saturated heterocycles. The highest BCUT2D eigenvalue weighted by Gasteiger charge is 2.03. The van der Waals surface area contributed by atoms with Crippen molar-refractivity contribution < 1.29 is 4.74 Å². The molecule has 102 valence electrons. The Bertz CT molecular complexity index is 499. The average Bonchev–Trinajstić information content (AvgIpc) is 2.89. The van der Waals surface area contributed by atoms with E-state index in [1.54, 1.807) is 11.3 Å². The van der Waals surface area contributed by atoms with Crippen LogP contribution < -0.4 is 10.1 Å². The third-order valence-electron chi connectivity index (χ3n) is 2.54. The zero-order chi connectivity index (χ0) is 13.5. The van der Waals surface area contributed by atoms with Crippen LogP contribution in [0.25, 0.3) is 0 Å². The van der Waals surface area contributed by atoms with E-state index < -0.39 is 0 Å². The largest absolute Gasteiger partial charge is 0.477 e. The van der Waals surface area contributed by atoms with Gasteiger partial charge in [-0.2, -0.15) is 4.98 Å². The summed E-state index contributed by atoms with van der Waals surface area (Å²) in [7, 11) is 0. The van der Waals surface area contributed by atoms with Gasteiger partial charge in [0.25, 0.3) is 0 Å². The van der Waals surface area contributed by atoms with Crippen molar-refractivity contribution >= 4 is 17.3 Å². The molecule has 5 heteroatoms. The van der Waals surface area contributed by atoms with Crippen molar-refractivity contribution in [3.63, 3.8) is 0 Å². The topological polar surface area (TPSA) is 47.0 Å². The Morgan fingerprint density at radius 1 is 1.37 bits per heavy atom. The number of aromatic nitrogens is 2. The summed E-state index contributed by atoms with van der Waals surface area (Å²) >= 11 is 1.75. The first-order chi connectivity index (χ1) is 9.28. The highest BCUT2D eigenvalue weighted by Crippen LogP contribution is 2.14. The summed E-state index contributed by atoms with van der Waals surface area (Å²) in [6, 6.07) is 6.04. The number of hydrogen-bond donors (Lipinski definition) is 1. The van der Waals surface area contributed by atoms with E-state index in [2.05, 4.69) is 39.7 Å². The maximum atomic E-state index is 5.70. The molecule has 1 N–H and O–H groups in total. The van der Waals surface area contributed by atoms with Gasteiger partial charge in [0, 0.05) is 29.6 Å². The van der Waals surface area contributed by atoms with E-state index in [0.717, 1.165) is 25.1 Å². The lowest BCUT2D eigenvalue weighted by Gasteiger charge is -2.08. The molecule has 0 aliphatic carbocycles. The van der Waals surface area contributed by atoms with E-state index >= 15 is 0 Å². The maximum Gasteiger partial charge on any atom is 0.226 e. The molecule has 0 unspecified atom stereocenters. The quantitative estimate of drug-likeness (QED) is 0.843. The average molecular weight is 277 g/mol. The third kappa shape index (κ3) is 4.52. The fraction of sp³-hybridized carbons (Fsp3) is 0.429. The smallest absolute Gasteiger partial charge is 0.226 e. The van der Waals surface area contributed by atoms with E-state index in [1.165, 1.54) is 4.88 Å².